The molecule has 3 rings (SSSR count). The van der Waals surface area contributed by atoms with Crippen LogP contribution >= 0.6 is 11.6 Å². The fourth-order valence-corrected chi connectivity index (χ4v) is 3.17. The zero-order valence-electron chi connectivity index (χ0n) is 15.5. The molecule has 2 N–H and O–H groups in total. The molecule has 1 aliphatic rings. The number of carbonyl (C=O) groups is 3. The van der Waals surface area contributed by atoms with Gasteiger partial charge in [-0.1, -0.05) is 23.7 Å². The van der Waals surface area contributed by atoms with Crippen LogP contribution < -0.4 is 15.5 Å². The number of hydrogen-bond acceptors (Lipinski definition) is 5. The maximum atomic E-state index is 12.8. The van der Waals surface area contributed by atoms with Crippen LogP contribution in [0, 0.1) is 0 Å². The molecule has 0 aliphatic carbocycles. The lowest BCUT2D eigenvalue weighted by molar-refractivity contribution is -0.141. The maximum absolute atomic E-state index is 12.8. The van der Waals surface area contributed by atoms with E-state index in [-0.39, 0.29) is 24.8 Å². The summed E-state index contributed by atoms with van der Waals surface area (Å²) in [6.45, 7) is 0.260. The van der Waals surface area contributed by atoms with Gasteiger partial charge in [-0.05, 0) is 35.9 Å². The topological polar surface area (TPSA) is 87.7 Å². The largest absolute Gasteiger partial charge is 0.469 e. The van der Waals surface area contributed by atoms with Crippen molar-refractivity contribution in [2.45, 2.75) is 12.5 Å². The van der Waals surface area contributed by atoms with Crippen LogP contribution in [0.4, 0.5) is 11.4 Å². The fraction of sp³-hybridized carbons (Fsp3) is 0.250. The van der Waals surface area contributed by atoms with E-state index in [1.165, 1.54) is 7.11 Å². The van der Waals surface area contributed by atoms with Crippen LogP contribution in [0.1, 0.15) is 28.4 Å². The highest BCUT2D eigenvalue weighted by molar-refractivity contribution is 6.30. The van der Waals surface area contributed by atoms with Crippen LogP contribution in [0.25, 0.3) is 0 Å². The molecule has 8 heteroatoms. The predicted octanol–water partition coefficient (Wildman–Crippen LogP) is 2.76. The zero-order valence-corrected chi connectivity index (χ0v) is 16.2. The Hall–Kier alpha value is -3.06. The number of nitrogens with zero attached hydrogens (tertiary/aromatic N) is 1. The van der Waals surface area contributed by atoms with E-state index in [4.69, 9.17) is 16.3 Å². The molecular weight excluding hydrogens is 382 g/mol. The van der Waals surface area contributed by atoms with Crippen LogP contribution in [-0.4, -0.2) is 38.5 Å². The van der Waals surface area contributed by atoms with Crippen LogP contribution in [0.3, 0.4) is 0 Å². The van der Waals surface area contributed by atoms with E-state index >= 15 is 0 Å². The molecule has 2 amide bonds. The Labute approximate surface area is 167 Å². The van der Waals surface area contributed by atoms with E-state index in [1.54, 1.807) is 42.5 Å². The van der Waals surface area contributed by atoms with Gasteiger partial charge in [0, 0.05) is 17.6 Å². The zero-order chi connectivity index (χ0) is 20.3. The van der Waals surface area contributed by atoms with Crippen molar-refractivity contribution in [3.63, 3.8) is 0 Å². The number of benzene rings is 2. The van der Waals surface area contributed by atoms with Crippen molar-refractivity contribution in [2.75, 3.05) is 30.9 Å². The molecular formula is C20H20ClN3O4. The summed E-state index contributed by atoms with van der Waals surface area (Å²) >= 11 is 5.92. The normalized spacial score (nSPS) is 14.0. The highest BCUT2D eigenvalue weighted by atomic mass is 35.5. The van der Waals surface area contributed by atoms with E-state index in [2.05, 4.69) is 10.6 Å². The second-order valence-corrected chi connectivity index (χ2v) is 6.93. The third kappa shape index (κ3) is 4.43. The van der Waals surface area contributed by atoms with Crippen molar-refractivity contribution in [1.29, 1.82) is 0 Å². The van der Waals surface area contributed by atoms with E-state index in [9.17, 15) is 14.4 Å². The monoisotopic (exact) mass is 401 g/mol. The minimum Gasteiger partial charge on any atom is -0.469 e. The number of likely N-dealkylation sites (N-methyl/N-ethyl adjacent to an activating group) is 1. The van der Waals surface area contributed by atoms with Crippen LogP contribution in [0.2, 0.25) is 5.02 Å². The van der Waals surface area contributed by atoms with Gasteiger partial charge in [0.05, 0.1) is 37.5 Å². The van der Waals surface area contributed by atoms with Crippen molar-refractivity contribution < 1.29 is 19.1 Å². The summed E-state index contributed by atoms with van der Waals surface area (Å²) in [6, 6.07) is 11.4. The van der Waals surface area contributed by atoms with E-state index in [1.807, 2.05) is 11.9 Å². The number of halogens is 1. The molecule has 0 radical (unpaired) electrons. The van der Waals surface area contributed by atoms with Gasteiger partial charge in [0.25, 0.3) is 5.91 Å². The smallest absolute Gasteiger partial charge is 0.307 e. The molecule has 1 unspecified atom stereocenters. The molecule has 28 heavy (non-hydrogen) atoms. The fourth-order valence-electron chi connectivity index (χ4n) is 3.04. The second kappa shape index (κ2) is 8.31. The lowest BCUT2D eigenvalue weighted by Crippen LogP contribution is -2.36. The molecule has 0 fully saturated rings. The number of anilines is 2. The van der Waals surface area contributed by atoms with Gasteiger partial charge in [-0.15, -0.1) is 0 Å². The average Bonchev–Trinajstić information content (AvgIpc) is 2.67. The van der Waals surface area contributed by atoms with Gasteiger partial charge in [0.15, 0.2) is 0 Å². The Balaban J connectivity index is 1.83. The Morgan fingerprint density at radius 1 is 1.25 bits per heavy atom. The summed E-state index contributed by atoms with van der Waals surface area (Å²) < 4.78 is 4.74. The van der Waals surface area contributed by atoms with Crippen molar-refractivity contribution in [2.24, 2.45) is 0 Å². The number of rotatable bonds is 5. The summed E-state index contributed by atoms with van der Waals surface area (Å²) in [5, 5.41) is 6.18. The quantitative estimate of drug-likeness (QED) is 0.752. The number of methoxy groups -OCH3 is 1. The van der Waals surface area contributed by atoms with E-state index in [0.29, 0.717) is 16.3 Å². The number of hydrogen-bond donors (Lipinski definition) is 2. The minimum atomic E-state index is -0.578. The highest BCUT2D eigenvalue weighted by Crippen LogP contribution is 2.29. The minimum absolute atomic E-state index is 0.0196. The third-order valence-electron chi connectivity index (χ3n) is 4.50. The molecule has 146 valence electrons. The first-order chi connectivity index (χ1) is 13.4. The molecule has 7 nitrogen and oxygen atoms in total. The maximum Gasteiger partial charge on any atom is 0.307 e. The lowest BCUT2D eigenvalue weighted by atomic mass is 10.0. The Morgan fingerprint density at radius 2 is 1.96 bits per heavy atom. The van der Waals surface area contributed by atoms with Crippen LogP contribution in [-0.2, 0) is 14.3 Å². The number of amides is 2. The van der Waals surface area contributed by atoms with Crippen molar-refractivity contribution in [1.82, 2.24) is 5.32 Å². The second-order valence-electron chi connectivity index (χ2n) is 6.49. The summed E-state index contributed by atoms with van der Waals surface area (Å²) in [4.78, 5) is 38.1. The molecule has 0 spiro atoms. The molecule has 0 aromatic heterocycles. The summed E-state index contributed by atoms with van der Waals surface area (Å²) in [5.74, 6) is -0.953. The molecule has 2 aromatic carbocycles. The molecule has 1 atom stereocenters. The summed E-state index contributed by atoms with van der Waals surface area (Å²) in [6.07, 6.45) is -0.0196. The van der Waals surface area contributed by atoms with Crippen molar-refractivity contribution >= 4 is 40.8 Å². The van der Waals surface area contributed by atoms with Gasteiger partial charge < -0.3 is 20.3 Å². The number of nitrogens with one attached hydrogen (secondary N) is 2. The Morgan fingerprint density at radius 3 is 2.64 bits per heavy atom. The summed E-state index contributed by atoms with van der Waals surface area (Å²) in [5.41, 5.74) is 2.51. The third-order valence-corrected chi connectivity index (χ3v) is 4.75. The lowest BCUT2D eigenvalue weighted by Gasteiger charge is -2.27. The first-order valence-corrected chi connectivity index (χ1v) is 9.03. The molecule has 0 bridgehead atoms. The molecule has 0 saturated heterocycles. The first-order valence-electron chi connectivity index (χ1n) is 8.65. The molecule has 0 saturated carbocycles. The number of ether oxygens (including phenoxy) is 1. The predicted molar refractivity (Wildman–Crippen MR) is 107 cm³/mol. The molecule has 1 aliphatic heterocycles. The number of fused-ring (bicyclic) bond motifs is 1. The molecule has 1 heterocycles. The van der Waals surface area contributed by atoms with Gasteiger partial charge in [0.1, 0.15) is 0 Å². The van der Waals surface area contributed by atoms with Gasteiger partial charge in [-0.3, -0.25) is 14.4 Å². The van der Waals surface area contributed by atoms with Gasteiger partial charge in [-0.2, -0.15) is 0 Å². The Bertz CT molecular complexity index is 914. The van der Waals surface area contributed by atoms with E-state index in [0.717, 1.165) is 11.3 Å². The SMILES string of the molecule is COC(=O)CC(NC(=O)c1ccc2c(c1)NC(=O)CN2C)c1ccc(Cl)cc1. The van der Waals surface area contributed by atoms with E-state index < -0.39 is 12.0 Å². The van der Waals surface area contributed by atoms with Gasteiger partial charge in [0.2, 0.25) is 5.91 Å². The summed E-state index contributed by atoms with van der Waals surface area (Å²) in [7, 11) is 3.11. The molecule has 2 aromatic rings. The van der Waals surface area contributed by atoms with Crippen LogP contribution in [0.5, 0.6) is 0 Å². The van der Waals surface area contributed by atoms with Gasteiger partial charge >= 0.3 is 5.97 Å². The number of esters is 1. The Kier molecular flexibility index (Phi) is 5.84. The van der Waals surface area contributed by atoms with Crippen LogP contribution in [0.15, 0.2) is 42.5 Å². The first kappa shape index (κ1) is 19.7. The number of carbonyl (C=O) groups excluding carboxylic acids is 3. The standard InChI is InChI=1S/C20H20ClN3O4/c1-24-11-18(25)22-16-9-13(5-8-17(16)24)20(27)23-15(10-19(26)28-2)12-3-6-14(21)7-4-12/h3-9,15H,10-11H2,1-2H3,(H,22,25)(H,23,27). The average molecular weight is 402 g/mol. The van der Waals surface area contributed by atoms with Crippen molar-refractivity contribution in [3.8, 4) is 0 Å². The van der Waals surface area contributed by atoms with Gasteiger partial charge in [-0.25, -0.2) is 0 Å². The van der Waals surface area contributed by atoms with Crippen molar-refractivity contribution in [3.05, 3.63) is 58.6 Å². The highest BCUT2D eigenvalue weighted by Gasteiger charge is 2.23.